The predicted molar refractivity (Wildman–Crippen MR) is 100 cm³/mol. The molecule has 0 N–H and O–H groups in total. The lowest BCUT2D eigenvalue weighted by atomic mass is 10.2. The second kappa shape index (κ2) is 11.4. The molecule has 4 heteroatoms. The summed E-state index contributed by atoms with van der Waals surface area (Å²) in [6, 6.07) is 0. The third kappa shape index (κ3) is 7.51. The summed E-state index contributed by atoms with van der Waals surface area (Å²) in [5, 5.41) is 0. The molecule has 2 saturated heterocycles. The van der Waals surface area contributed by atoms with Crippen molar-refractivity contribution in [2.75, 3.05) is 78.5 Å². The van der Waals surface area contributed by atoms with Crippen LogP contribution in [-0.2, 0) is 0 Å². The molecule has 0 aliphatic carbocycles. The van der Waals surface area contributed by atoms with Crippen molar-refractivity contribution in [2.24, 2.45) is 0 Å². The lowest BCUT2D eigenvalue weighted by Gasteiger charge is -2.35. The second-order valence-electron chi connectivity index (χ2n) is 7.43. The molecule has 2 heterocycles. The summed E-state index contributed by atoms with van der Waals surface area (Å²) in [5.41, 5.74) is 0. The number of piperazine rings is 2. The fourth-order valence-electron chi connectivity index (χ4n) is 3.95. The van der Waals surface area contributed by atoms with Crippen molar-refractivity contribution in [3.05, 3.63) is 0 Å². The molecule has 0 aromatic carbocycles. The highest BCUT2D eigenvalue weighted by Gasteiger charge is 2.16. The van der Waals surface area contributed by atoms with E-state index < -0.39 is 0 Å². The molecule has 0 bridgehead atoms. The summed E-state index contributed by atoms with van der Waals surface area (Å²) in [6.45, 7) is 20.1. The number of hydrogen-bond donors (Lipinski definition) is 0. The minimum atomic E-state index is 1.29. The summed E-state index contributed by atoms with van der Waals surface area (Å²) in [6.07, 6.45) is 6.79. The van der Waals surface area contributed by atoms with Crippen LogP contribution in [0.5, 0.6) is 0 Å². The maximum Gasteiger partial charge on any atom is 0.0110 e. The van der Waals surface area contributed by atoms with Crippen LogP contribution >= 0.6 is 0 Å². The molecule has 0 amide bonds. The molecule has 0 spiro atoms. The Morgan fingerprint density at radius 2 is 0.739 bits per heavy atom. The fourth-order valence-corrected chi connectivity index (χ4v) is 3.95. The zero-order valence-electron chi connectivity index (χ0n) is 15.8. The van der Waals surface area contributed by atoms with Crippen molar-refractivity contribution in [1.29, 1.82) is 0 Å². The first kappa shape index (κ1) is 19.2. The summed E-state index contributed by atoms with van der Waals surface area (Å²) in [7, 11) is 0. The van der Waals surface area contributed by atoms with E-state index in [4.69, 9.17) is 0 Å². The average molecular weight is 325 g/mol. The Labute approximate surface area is 144 Å². The standard InChI is InChI=1S/C19H40N4/c1-3-8-20-12-16-22(17-13-20)10-6-5-7-11-23-18-14-21(9-4-2)15-19-23/h3-19H2,1-2H3. The molecule has 0 unspecified atom stereocenters. The highest BCUT2D eigenvalue weighted by molar-refractivity contribution is 4.73. The van der Waals surface area contributed by atoms with Crippen LogP contribution in [0.1, 0.15) is 46.0 Å². The first-order valence-electron chi connectivity index (χ1n) is 10.2. The van der Waals surface area contributed by atoms with Crippen molar-refractivity contribution in [3.8, 4) is 0 Å². The van der Waals surface area contributed by atoms with E-state index in [1.807, 2.05) is 0 Å². The topological polar surface area (TPSA) is 13.0 Å². The van der Waals surface area contributed by atoms with Crippen LogP contribution in [0.15, 0.2) is 0 Å². The molecular weight excluding hydrogens is 284 g/mol. The molecule has 0 aromatic heterocycles. The Balaban J connectivity index is 1.43. The van der Waals surface area contributed by atoms with Crippen LogP contribution in [0.25, 0.3) is 0 Å². The van der Waals surface area contributed by atoms with E-state index >= 15 is 0 Å². The average Bonchev–Trinajstić information content (AvgIpc) is 2.58. The third-order valence-corrected chi connectivity index (χ3v) is 5.46. The van der Waals surface area contributed by atoms with E-state index in [-0.39, 0.29) is 0 Å². The SMILES string of the molecule is CCCN1CCN(CCCCCN2CCN(CCC)CC2)CC1. The largest absolute Gasteiger partial charge is 0.301 e. The van der Waals surface area contributed by atoms with E-state index in [0.717, 1.165) is 0 Å². The van der Waals surface area contributed by atoms with Gasteiger partial charge in [0, 0.05) is 52.4 Å². The first-order chi connectivity index (χ1) is 11.3. The maximum atomic E-state index is 2.68. The van der Waals surface area contributed by atoms with Crippen LogP contribution in [0.3, 0.4) is 0 Å². The van der Waals surface area contributed by atoms with Crippen molar-refractivity contribution >= 4 is 0 Å². The minimum absolute atomic E-state index is 1.29. The van der Waals surface area contributed by atoms with E-state index in [2.05, 4.69) is 33.4 Å². The summed E-state index contributed by atoms with van der Waals surface area (Å²) in [5.74, 6) is 0. The minimum Gasteiger partial charge on any atom is -0.301 e. The van der Waals surface area contributed by atoms with Crippen molar-refractivity contribution in [3.63, 3.8) is 0 Å². The van der Waals surface area contributed by atoms with Crippen molar-refractivity contribution in [1.82, 2.24) is 19.6 Å². The Kier molecular flexibility index (Phi) is 9.50. The highest BCUT2D eigenvalue weighted by atomic mass is 15.3. The van der Waals surface area contributed by atoms with Gasteiger partial charge in [-0.3, -0.25) is 0 Å². The molecule has 4 nitrogen and oxygen atoms in total. The van der Waals surface area contributed by atoms with Crippen LogP contribution in [0, 0.1) is 0 Å². The maximum absolute atomic E-state index is 2.68. The first-order valence-corrected chi connectivity index (χ1v) is 10.2. The van der Waals surface area contributed by atoms with Crippen LogP contribution in [0.4, 0.5) is 0 Å². The fraction of sp³-hybridized carbons (Fsp3) is 1.00. The van der Waals surface area contributed by atoms with Gasteiger partial charge in [0.15, 0.2) is 0 Å². The van der Waals surface area contributed by atoms with Gasteiger partial charge >= 0.3 is 0 Å². The van der Waals surface area contributed by atoms with Gasteiger partial charge in [-0.2, -0.15) is 0 Å². The van der Waals surface area contributed by atoms with Gasteiger partial charge in [0.25, 0.3) is 0 Å². The Morgan fingerprint density at radius 3 is 1.04 bits per heavy atom. The van der Waals surface area contributed by atoms with E-state index in [0.29, 0.717) is 0 Å². The number of unbranched alkanes of at least 4 members (excludes halogenated alkanes) is 2. The van der Waals surface area contributed by atoms with Crippen LogP contribution in [-0.4, -0.2) is 98.1 Å². The molecule has 2 fully saturated rings. The van der Waals surface area contributed by atoms with Crippen molar-refractivity contribution < 1.29 is 0 Å². The molecule has 0 aromatic rings. The predicted octanol–water partition coefficient (Wildman–Crippen LogP) is 2.21. The molecule has 0 radical (unpaired) electrons. The molecule has 2 aliphatic heterocycles. The van der Waals surface area contributed by atoms with Gasteiger partial charge in [-0.25, -0.2) is 0 Å². The van der Waals surface area contributed by atoms with Gasteiger partial charge in [-0.15, -0.1) is 0 Å². The number of hydrogen-bond acceptors (Lipinski definition) is 4. The van der Waals surface area contributed by atoms with E-state index in [1.165, 1.54) is 111 Å². The lowest BCUT2D eigenvalue weighted by molar-refractivity contribution is 0.124. The Bertz CT molecular complexity index is 253. The van der Waals surface area contributed by atoms with Crippen LogP contribution < -0.4 is 0 Å². The van der Waals surface area contributed by atoms with Gasteiger partial charge < -0.3 is 19.6 Å². The molecule has 23 heavy (non-hydrogen) atoms. The molecule has 0 atom stereocenters. The molecule has 2 aliphatic rings. The van der Waals surface area contributed by atoms with E-state index in [1.54, 1.807) is 0 Å². The van der Waals surface area contributed by atoms with E-state index in [9.17, 15) is 0 Å². The molecule has 136 valence electrons. The van der Waals surface area contributed by atoms with Gasteiger partial charge in [0.2, 0.25) is 0 Å². The van der Waals surface area contributed by atoms with Gasteiger partial charge in [-0.05, 0) is 51.9 Å². The van der Waals surface area contributed by atoms with Gasteiger partial charge in [-0.1, -0.05) is 20.3 Å². The van der Waals surface area contributed by atoms with Crippen LogP contribution in [0.2, 0.25) is 0 Å². The molecule has 2 rings (SSSR count). The van der Waals surface area contributed by atoms with Gasteiger partial charge in [0.05, 0.1) is 0 Å². The summed E-state index contributed by atoms with van der Waals surface area (Å²) in [4.78, 5) is 10.6. The summed E-state index contributed by atoms with van der Waals surface area (Å²) < 4.78 is 0. The lowest BCUT2D eigenvalue weighted by Crippen LogP contribution is -2.47. The van der Waals surface area contributed by atoms with Gasteiger partial charge in [0.1, 0.15) is 0 Å². The molecule has 0 saturated carbocycles. The quantitative estimate of drug-likeness (QED) is 0.571. The second-order valence-corrected chi connectivity index (χ2v) is 7.43. The summed E-state index contributed by atoms with van der Waals surface area (Å²) >= 11 is 0. The normalized spacial score (nSPS) is 22.7. The molecular formula is C19H40N4. The van der Waals surface area contributed by atoms with Crippen molar-refractivity contribution in [2.45, 2.75) is 46.0 Å². The Hall–Kier alpha value is -0.160. The Morgan fingerprint density at radius 1 is 0.435 bits per heavy atom. The highest BCUT2D eigenvalue weighted by Crippen LogP contribution is 2.08. The monoisotopic (exact) mass is 324 g/mol. The smallest absolute Gasteiger partial charge is 0.0110 e. The number of nitrogens with zero attached hydrogens (tertiary/aromatic N) is 4. The zero-order valence-corrected chi connectivity index (χ0v) is 15.8. The third-order valence-electron chi connectivity index (χ3n) is 5.46. The zero-order chi connectivity index (χ0) is 16.3. The number of rotatable bonds is 10.